The van der Waals surface area contributed by atoms with Gasteiger partial charge in [-0.15, -0.1) is 8.78 Å². The fourth-order valence-corrected chi connectivity index (χ4v) is 3.87. The predicted molar refractivity (Wildman–Crippen MR) is 112 cm³/mol. The summed E-state index contributed by atoms with van der Waals surface area (Å²) in [4.78, 5) is 31.8. The maximum Gasteiger partial charge on any atom is 0.586 e. The van der Waals surface area contributed by atoms with Crippen molar-refractivity contribution in [3.63, 3.8) is 0 Å². The molecule has 2 aliphatic heterocycles. The van der Waals surface area contributed by atoms with Crippen LogP contribution in [0.5, 0.6) is 11.5 Å². The first kappa shape index (κ1) is 21.1. The van der Waals surface area contributed by atoms with Crippen LogP contribution in [0, 0.1) is 0 Å². The molecule has 5 rings (SSSR count). The number of imidazole rings is 1. The van der Waals surface area contributed by atoms with Crippen molar-refractivity contribution < 1.29 is 32.6 Å². The average Bonchev–Trinajstić information content (AvgIpc) is 3.29. The van der Waals surface area contributed by atoms with Crippen molar-refractivity contribution in [2.45, 2.75) is 19.3 Å². The molecule has 2 amide bonds. The molecule has 3 heterocycles. The number of nitrogens with one attached hydrogen (secondary N) is 1. The number of aromatic nitrogens is 2. The third-order valence-electron chi connectivity index (χ3n) is 5.39. The van der Waals surface area contributed by atoms with Gasteiger partial charge >= 0.3 is 6.29 Å². The van der Waals surface area contributed by atoms with Crippen LogP contribution in [0.3, 0.4) is 0 Å². The number of para-hydroxylation sites is 2. The van der Waals surface area contributed by atoms with E-state index in [0.717, 1.165) is 0 Å². The number of benzene rings is 2. The Morgan fingerprint density at radius 3 is 2.64 bits per heavy atom. The van der Waals surface area contributed by atoms with Crippen molar-refractivity contribution in [1.82, 2.24) is 14.5 Å². The number of amides is 2. The van der Waals surface area contributed by atoms with Crippen molar-refractivity contribution in [2.75, 3.05) is 31.6 Å². The molecule has 172 valence electrons. The van der Waals surface area contributed by atoms with Crippen LogP contribution in [-0.2, 0) is 27.3 Å². The summed E-state index contributed by atoms with van der Waals surface area (Å²) >= 11 is 0. The van der Waals surface area contributed by atoms with Gasteiger partial charge in [0.05, 0.1) is 30.7 Å². The summed E-state index contributed by atoms with van der Waals surface area (Å²) in [5.41, 5.74) is 1.65. The first-order valence-corrected chi connectivity index (χ1v) is 10.4. The SMILES string of the molecule is O=C(Cn1c(CC(=O)N2CCOCC2)nc2ccccc21)Nc1ccc2c(c1)OC(F)(F)O2. The van der Waals surface area contributed by atoms with Crippen molar-refractivity contribution in [3.8, 4) is 11.5 Å². The van der Waals surface area contributed by atoms with Crippen molar-refractivity contribution in [2.24, 2.45) is 0 Å². The summed E-state index contributed by atoms with van der Waals surface area (Å²) in [6, 6.07) is 11.3. The van der Waals surface area contributed by atoms with Crippen LogP contribution in [0.15, 0.2) is 42.5 Å². The Morgan fingerprint density at radius 2 is 1.82 bits per heavy atom. The minimum Gasteiger partial charge on any atom is -0.395 e. The highest BCUT2D eigenvalue weighted by Gasteiger charge is 2.43. The summed E-state index contributed by atoms with van der Waals surface area (Å²) in [7, 11) is 0. The van der Waals surface area contributed by atoms with Crippen LogP contribution in [0.2, 0.25) is 0 Å². The molecule has 2 aromatic carbocycles. The Kier molecular flexibility index (Phi) is 5.33. The molecule has 1 aromatic heterocycles. The summed E-state index contributed by atoms with van der Waals surface area (Å²) in [6.07, 6.45) is -3.69. The molecule has 0 unspecified atom stereocenters. The number of ether oxygens (including phenoxy) is 3. The van der Waals surface area contributed by atoms with E-state index in [9.17, 15) is 18.4 Å². The zero-order chi connectivity index (χ0) is 23.0. The number of hydrogen-bond donors (Lipinski definition) is 1. The number of nitrogens with zero attached hydrogens (tertiary/aromatic N) is 3. The lowest BCUT2D eigenvalue weighted by Gasteiger charge is -2.26. The maximum absolute atomic E-state index is 13.2. The molecule has 33 heavy (non-hydrogen) atoms. The lowest BCUT2D eigenvalue weighted by atomic mass is 10.2. The molecule has 11 heteroatoms. The molecule has 0 atom stereocenters. The zero-order valence-corrected chi connectivity index (χ0v) is 17.4. The third-order valence-corrected chi connectivity index (χ3v) is 5.39. The van der Waals surface area contributed by atoms with E-state index in [2.05, 4.69) is 19.8 Å². The average molecular weight is 458 g/mol. The zero-order valence-electron chi connectivity index (χ0n) is 17.4. The van der Waals surface area contributed by atoms with Gasteiger partial charge < -0.3 is 29.0 Å². The standard InChI is InChI=1S/C22H20F2N4O5/c23-22(24)32-17-6-5-14(11-18(17)33-22)25-20(29)13-28-16-4-2-1-3-15(16)26-19(28)12-21(30)27-7-9-31-10-8-27/h1-6,11H,7-10,12-13H2,(H,25,29). The number of anilines is 1. The molecule has 1 N–H and O–H groups in total. The molecule has 0 spiro atoms. The largest absolute Gasteiger partial charge is 0.586 e. The van der Waals surface area contributed by atoms with Gasteiger partial charge in [0.25, 0.3) is 0 Å². The summed E-state index contributed by atoms with van der Waals surface area (Å²) in [5, 5.41) is 2.67. The number of fused-ring (bicyclic) bond motifs is 2. The van der Waals surface area contributed by atoms with Gasteiger partial charge in [-0.05, 0) is 24.3 Å². The molecule has 0 saturated carbocycles. The third kappa shape index (κ3) is 4.44. The first-order chi connectivity index (χ1) is 15.9. The van der Waals surface area contributed by atoms with Crippen molar-refractivity contribution in [3.05, 3.63) is 48.3 Å². The number of halogens is 2. The molecule has 0 bridgehead atoms. The van der Waals surface area contributed by atoms with Crippen molar-refractivity contribution in [1.29, 1.82) is 0 Å². The quantitative estimate of drug-likeness (QED) is 0.631. The van der Waals surface area contributed by atoms with Gasteiger partial charge in [0.2, 0.25) is 11.8 Å². The maximum atomic E-state index is 13.2. The second kappa shape index (κ2) is 8.32. The number of carbonyl (C=O) groups excluding carboxylic acids is 2. The lowest BCUT2D eigenvalue weighted by Crippen LogP contribution is -2.41. The van der Waals surface area contributed by atoms with Gasteiger partial charge in [0, 0.05) is 24.8 Å². The summed E-state index contributed by atoms with van der Waals surface area (Å²) < 4.78 is 42.2. The molecule has 3 aromatic rings. The van der Waals surface area contributed by atoms with Gasteiger partial charge in [-0.1, -0.05) is 12.1 Å². The van der Waals surface area contributed by atoms with E-state index in [4.69, 9.17) is 4.74 Å². The van der Waals surface area contributed by atoms with Gasteiger partial charge in [-0.25, -0.2) is 4.98 Å². The second-order valence-corrected chi connectivity index (χ2v) is 7.65. The van der Waals surface area contributed by atoms with Crippen LogP contribution >= 0.6 is 0 Å². The van der Waals surface area contributed by atoms with Crippen LogP contribution in [0.4, 0.5) is 14.5 Å². The fraction of sp³-hybridized carbons (Fsp3) is 0.318. The van der Waals surface area contributed by atoms with Crippen LogP contribution in [-0.4, -0.2) is 58.9 Å². The van der Waals surface area contributed by atoms with E-state index < -0.39 is 12.2 Å². The lowest BCUT2D eigenvalue weighted by molar-refractivity contribution is -0.286. The molecule has 9 nitrogen and oxygen atoms in total. The molecule has 0 aliphatic carbocycles. The predicted octanol–water partition coefficient (Wildman–Crippen LogP) is 2.40. The molecule has 1 fully saturated rings. The number of alkyl halides is 2. The van der Waals surface area contributed by atoms with Gasteiger partial charge in [0.15, 0.2) is 11.5 Å². The summed E-state index contributed by atoms with van der Waals surface area (Å²) in [6.45, 7) is 1.90. The van der Waals surface area contributed by atoms with E-state index in [-0.39, 0.29) is 36.1 Å². The van der Waals surface area contributed by atoms with E-state index in [1.54, 1.807) is 9.47 Å². The van der Waals surface area contributed by atoms with Gasteiger partial charge in [-0.3, -0.25) is 9.59 Å². The van der Waals surface area contributed by atoms with Crippen molar-refractivity contribution >= 4 is 28.5 Å². The highest BCUT2D eigenvalue weighted by Crippen LogP contribution is 2.42. The van der Waals surface area contributed by atoms with Gasteiger partial charge in [0.1, 0.15) is 12.4 Å². The Labute approximate surface area is 186 Å². The Balaban J connectivity index is 1.34. The normalized spacial score (nSPS) is 16.7. The number of carbonyl (C=O) groups is 2. The molecule has 0 radical (unpaired) electrons. The highest BCUT2D eigenvalue weighted by atomic mass is 19.3. The number of hydrogen-bond acceptors (Lipinski definition) is 6. The Hall–Kier alpha value is -3.73. The molecule has 2 aliphatic rings. The monoisotopic (exact) mass is 458 g/mol. The van der Waals surface area contributed by atoms with E-state index in [1.807, 2.05) is 24.3 Å². The Morgan fingerprint density at radius 1 is 1.06 bits per heavy atom. The second-order valence-electron chi connectivity index (χ2n) is 7.65. The first-order valence-electron chi connectivity index (χ1n) is 10.4. The molecule has 1 saturated heterocycles. The summed E-state index contributed by atoms with van der Waals surface area (Å²) in [5.74, 6) is -0.311. The fourth-order valence-electron chi connectivity index (χ4n) is 3.87. The number of morpholine rings is 1. The number of rotatable bonds is 5. The molecular formula is C22H20F2N4O5. The van der Waals surface area contributed by atoms with E-state index >= 15 is 0 Å². The van der Waals surface area contributed by atoms with Crippen LogP contribution < -0.4 is 14.8 Å². The van der Waals surface area contributed by atoms with Crippen LogP contribution in [0.25, 0.3) is 11.0 Å². The molecular weight excluding hydrogens is 438 g/mol. The highest BCUT2D eigenvalue weighted by molar-refractivity contribution is 5.92. The smallest absolute Gasteiger partial charge is 0.395 e. The minimum absolute atomic E-state index is 0.0427. The van der Waals surface area contributed by atoms with Crippen LogP contribution in [0.1, 0.15) is 5.82 Å². The van der Waals surface area contributed by atoms with E-state index in [1.165, 1.54) is 18.2 Å². The van der Waals surface area contributed by atoms with Gasteiger partial charge in [-0.2, -0.15) is 0 Å². The topological polar surface area (TPSA) is 94.9 Å². The minimum atomic E-state index is -3.73. The van der Waals surface area contributed by atoms with E-state index in [0.29, 0.717) is 43.2 Å². The Bertz CT molecular complexity index is 1220.